The quantitative estimate of drug-likeness (QED) is 0.603. The van der Waals surface area contributed by atoms with E-state index in [1.54, 1.807) is 23.1 Å². The maximum absolute atomic E-state index is 13.9. The number of hydrogen-bond donors (Lipinski definition) is 0. The third-order valence-corrected chi connectivity index (χ3v) is 7.06. The van der Waals surface area contributed by atoms with Crippen LogP contribution in [0.2, 0.25) is 0 Å². The van der Waals surface area contributed by atoms with Gasteiger partial charge in [-0.15, -0.1) is 0 Å². The molecule has 1 unspecified atom stereocenters. The summed E-state index contributed by atoms with van der Waals surface area (Å²) < 4.78 is 63.4. The highest BCUT2D eigenvalue weighted by Crippen LogP contribution is 2.43. The van der Waals surface area contributed by atoms with Gasteiger partial charge in [-0.2, -0.15) is 0 Å². The van der Waals surface area contributed by atoms with Gasteiger partial charge < -0.3 is 23.8 Å². The third-order valence-electron chi connectivity index (χ3n) is 7.06. The number of aromatic nitrogens is 1. The van der Waals surface area contributed by atoms with E-state index in [1.165, 1.54) is 25.3 Å². The Morgan fingerprint density at radius 1 is 1.26 bits per heavy atom. The number of ether oxygens (including phenoxy) is 4. The van der Waals surface area contributed by atoms with Gasteiger partial charge in [0.15, 0.2) is 5.75 Å². The minimum atomic E-state index is -2.64. The molecule has 10 heteroatoms. The van der Waals surface area contributed by atoms with Crippen molar-refractivity contribution in [2.45, 2.75) is 43.3 Å². The highest BCUT2D eigenvalue weighted by molar-refractivity contribution is 5.92. The number of nitrogens with zero attached hydrogens (tertiary/aromatic N) is 2. The van der Waals surface area contributed by atoms with Gasteiger partial charge in [0, 0.05) is 25.8 Å². The number of likely N-dealkylation sites (tertiary alicyclic amines) is 1. The normalized spacial score (nSPS) is 27.5. The van der Waals surface area contributed by atoms with E-state index in [-0.39, 0.29) is 62.0 Å². The number of alkyl halides is 2. The molecule has 1 aromatic carbocycles. The minimum absolute atomic E-state index is 0.0637. The summed E-state index contributed by atoms with van der Waals surface area (Å²) in [6, 6.07) is 9.36. The molecule has 7 nitrogen and oxygen atoms in total. The first-order valence-electron chi connectivity index (χ1n) is 11.7. The zero-order valence-electron chi connectivity index (χ0n) is 19.3. The monoisotopic (exact) mass is 492 g/mol. The van der Waals surface area contributed by atoms with Gasteiger partial charge in [0.05, 0.1) is 20.3 Å². The van der Waals surface area contributed by atoms with Crippen molar-refractivity contribution in [3.8, 4) is 11.6 Å². The van der Waals surface area contributed by atoms with Crippen LogP contribution in [0.4, 0.5) is 13.2 Å². The highest BCUT2D eigenvalue weighted by atomic mass is 19.3. The summed E-state index contributed by atoms with van der Waals surface area (Å²) in [5.74, 6) is -3.13. The maximum atomic E-state index is 13.9. The van der Waals surface area contributed by atoms with Crippen LogP contribution in [0.15, 0.2) is 36.4 Å². The Morgan fingerprint density at radius 2 is 2.11 bits per heavy atom. The number of carbonyl (C=O) groups is 1. The number of hydrogen-bond acceptors (Lipinski definition) is 6. The Morgan fingerprint density at radius 3 is 2.86 bits per heavy atom. The molecule has 5 rings (SSSR count). The first-order valence-corrected chi connectivity index (χ1v) is 11.7. The van der Waals surface area contributed by atoms with Crippen molar-refractivity contribution in [2.24, 2.45) is 5.92 Å². The number of piperidine rings is 1. The van der Waals surface area contributed by atoms with Crippen LogP contribution < -0.4 is 9.47 Å². The molecule has 3 heterocycles. The van der Waals surface area contributed by atoms with E-state index in [0.717, 1.165) is 0 Å². The average molecular weight is 492 g/mol. The first kappa shape index (κ1) is 23.9. The zero-order valence-corrected chi connectivity index (χ0v) is 19.3. The van der Waals surface area contributed by atoms with Crippen molar-refractivity contribution in [2.75, 3.05) is 33.6 Å². The second-order valence-electron chi connectivity index (χ2n) is 9.30. The van der Waals surface area contributed by atoms with Gasteiger partial charge in [0.1, 0.15) is 30.0 Å². The average Bonchev–Trinajstić information content (AvgIpc) is 3.44. The molecule has 35 heavy (non-hydrogen) atoms. The number of rotatable bonds is 6. The van der Waals surface area contributed by atoms with Gasteiger partial charge in [-0.05, 0) is 42.2 Å². The largest absolute Gasteiger partial charge is 0.488 e. The molecule has 188 valence electrons. The predicted molar refractivity (Wildman–Crippen MR) is 118 cm³/mol. The molecule has 2 aliphatic heterocycles. The molecule has 0 spiro atoms. The molecule has 1 saturated carbocycles. The van der Waals surface area contributed by atoms with E-state index in [4.69, 9.17) is 18.9 Å². The van der Waals surface area contributed by atoms with Gasteiger partial charge in [0.25, 0.3) is 11.8 Å². The number of carbonyl (C=O) groups excluding carboxylic acids is 1. The molecule has 2 aromatic rings. The van der Waals surface area contributed by atoms with Crippen LogP contribution in [0.1, 0.15) is 41.7 Å². The Hall–Kier alpha value is -2.85. The van der Waals surface area contributed by atoms with Crippen molar-refractivity contribution in [3.05, 3.63) is 53.5 Å². The van der Waals surface area contributed by atoms with E-state index >= 15 is 0 Å². The van der Waals surface area contributed by atoms with Crippen molar-refractivity contribution >= 4 is 5.91 Å². The van der Waals surface area contributed by atoms with Gasteiger partial charge in [-0.25, -0.2) is 18.2 Å². The molecule has 1 aliphatic carbocycles. The fraction of sp³-hybridized carbons (Fsp3) is 0.520. The molecule has 3 atom stereocenters. The molecule has 1 amide bonds. The second kappa shape index (κ2) is 9.31. The molecule has 0 bridgehead atoms. The van der Waals surface area contributed by atoms with E-state index in [1.807, 2.05) is 0 Å². The van der Waals surface area contributed by atoms with Gasteiger partial charge in [0.2, 0.25) is 5.92 Å². The number of benzene rings is 1. The van der Waals surface area contributed by atoms with Crippen LogP contribution in [-0.2, 0) is 15.1 Å². The fourth-order valence-electron chi connectivity index (χ4n) is 5.18. The highest BCUT2D eigenvalue weighted by Gasteiger charge is 2.51. The third kappa shape index (κ3) is 4.69. The number of amides is 1. The van der Waals surface area contributed by atoms with Crippen LogP contribution in [0.5, 0.6) is 11.6 Å². The van der Waals surface area contributed by atoms with Gasteiger partial charge in [-0.1, -0.05) is 12.1 Å². The van der Waals surface area contributed by atoms with Crippen molar-refractivity contribution in [1.82, 2.24) is 9.88 Å². The molecule has 0 radical (unpaired) electrons. The van der Waals surface area contributed by atoms with E-state index in [9.17, 15) is 18.0 Å². The number of halogens is 3. The minimum Gasteiger partial charge on any atom is -0.488 e. The summed E-state index contributed by atoms with van der Waals surface area (Å²) in [6.07, 6.45) is 0.0696. The molecule has 1 aromatic heterocycles. The molecule has 2 saturated heterocycles. The summed E-state index contributed by atoms with van der Waals surface area (Å²) in [5.41, 5.74) is 0.0471. The molecular weight excluding hydrogens is 465 g/mol. The van der Waals surface area contributed by atoms with Crippen molar-refractivity contribution in [3.63, 3.8) is 0 Å². The van der Waals surface area contributed by atoms with Crippen LogP contribution in [-0.4, -0.2) is 61.4 Å². The number of methoxy groups -OCH3 is 1. The van der Waals surface area contributed by atoms with Crippen molar-refractivity contribution < 1.29 is 36.9 Å². The maximum Gasteiger partial charge on any atom is 0.272 e. The van der Waals surface area contributed by atoms with Crippen LogP contribution >= 0.6 is 0 Å². The number of fused-ring (bicyclic) bond motifs is 1. The lowest BCUT2D eigenvalue weighted by Gasteiger charge is -2.41. The first-order chi connectivity index (χ1) is 16.8. The lowest BCUT2D eigenvalue weighted by molar-refractivity contribution is -0.0441. The van der Waals surface area contributed by atoms with Crippen LogP contribution in [0.25, 0.3) is 0 Å². The van der Waals surface area contributed by atoms with Crippen LogP contribution in [0, 0.1) is 11.7 Å². The topological polar surface area (TPSA) is 70.1 Å². The van der Waals surface area contributed by atoms with E-state index < -0.39 is 17.6 Å². The molecule has 3 aliphatic rings. The standard InChI is InChI=1S/C25H27F3N2O5/c1-32-22-20(33-14-16-7-8-24(27,28)12-16)6-5-19(29-22)23(31)30-10-9-25(21(13-30)34-15-35-25)17-3-2-4-18(26)11-17/h2-6,11,16,21H,7-10,12-15H2,1H3/t16?,21-,25-/m1/s1. The van der Waals surface area contributed by atoms with Gasteiger partial charge in [-0.3, -0.25) is 4.79 Å². The SMILES string of the molecule is COc1nc(C(=O)N2CC[C@]3(c4cccc(F)c4)OCO[C@@H]3C2)ccc1OCC1CCC(F)(F)C1. The predicted octanol–water partition coefficient (Wildman–Crippen LogP) is 4.16. The van der Waals surface area contributed by atoms with Crippen molar-refractivity contribution in [1.29, 1.82) is 0 Å². The molecular formula is C25H27F3N2O5. The fourth-order valence-corrected chi connectivity index (χ4v) is 5.18. The Labute approximate surface area is 201 Å². The summed E-state index contributed by atoms with van der Waals surface area (Å²) in [5, 5.41) is 0. The lowest BCUT2D eigenvalue weighted by atomic mass is 9.82. The zero-order chi connectivity index (χ0) is 24.6. The Bertz CT molecular complexity index is 1100. The Kier molecular flexibility index (Phi) is 6.35. The van der Waals surface area contributed by atoms with Crippen LogP contribution in [0.3, 0.4) is 0 Å². The Balaban J connectivity index is 1.27. The van der Waals surface area contributed by atoms with Gasteiger partial charge >= 0.3 is 0 Å². The summed E-state index contributed by atoms with van der Waals surface area (Å²) in [6.45, 7) is 0.823. The smallest absolute Gasteiger partial charge is 0.272 e. The second-order valence-corrected chi connectivity index (χ2v) is 9.30. The molecule has 3 fully saturated rings. The van der Waals surface area contributed by atoms with E-state index in [0.29, 0.717) is 30.7 Å². The lowest BCUT2D eigenvalue weighted by Crippen LogP contribution is -2.53. The number of pyridine rings is 1. The summed E-state index contributed by atoms with van der Waals surface area (Å²) in [7, 11) is 1.41. The molecule has 0 N–H and O–H groups in total. The summed E-state index contributed by atoms with van der Waals surface area (Å²) >= 11 is 0. The van der Waals surface area contributed by atoms with E-state index in [2.05, 4.69) is 4.98 Å². The summed E-state index contributed by atoms with van der Waals surface area (Å²) in [4.78, 5) is 19.2.